The van der Waals surface area contributed by atoms with Gasteiger partial charge in [0.25, 0.3) is 0 Å². The zero-order chi connectivity index (χ0) is 13.5. The summed E-state index contributed by atoms with van der Waals surface area (Å²) in [6, 6.07) is 7.88. The molecule has 1 amide bonds. The summed E-state index contributed by atoms with van der Waals surface area (Å²) in [6.07, 6.45) is 1.69. The number of amides is 1. The zero-order valence-corrected chi connectivity index (χ0v) is 11.6. The van der Waals surface area contributed by atoms with Crippen molar-refractivity contribution in [1.82, 2.24) is 4.90 Å². The minimum atomic E-state index is -0.361. The van der Waals surface area contributed by atoms with Crippen molar-refractivity contribution in [2.45, 2.75) is 46.2 Å². The Morgan fingerprint density at radius 1 is 1.39 bits per heavy atom. The van der Waals surface area contributed by atoms with Crippen molar-refractivity contribution < 1.29 is 4.79 Å². The molecule has 1 unspecified atom stereocenters. The lowest BCUT2D eigenvalue weighted by Crippen LogP contribution is -2.43. The highest BCUT2D eigenvalue weighted by atomic mass is 16.2. The van der Waals surface area contributed by atoms with Gasteiger partial charge in [0, 0.05) is 13.1 Å². The first-order valence-corrected chi connectivity index (χ1v) is 6.68. The molecule has 0 aromatic heterocycles. The molecular weight excluding hydrogens is 224 g/mol. The van der Waals surface area contributed by atoms with Crippen LogP contribution in [0.25, 0.3) is 0 Å². The number of carbonyl (C=O) groups excluding carboxylic acids is 1. The number of hydrogen-bond donors (Lipinski definition) is 1. The molecule has 0 saturated carbocycles. The number of rotatable bonds is 6. The van der Waals surface area contributed by atoms with E-state index in [0.717, 1.165) is 18.4 Å². The van der Waals surface area contributed by atoms with Crippen LogP contribution in [0.3, 0.4) is 0 Å². The second-order valence-electron chi connectivity index (χ2n) is 4.74. The molecule has 2 N–H and O–H groups in total. The Morgan fingerprint density at radius 2 is 2.11 bits per heavy atom. The van der Waals surface area contributed by atoms with E-state index in [1.54, 1.807) is 0 Å². The van der Waals surface area contributed by atoms with E-state index in [1.807, 2.05) is 30.9 Å². The van der Waals surface area contributed by atoms with Crippen LogP contribution < -0.4 is 5.73 Å². The maximum atomic E-state index is 12.2. The summed E-state index contributed by atoms with van der Waals surface area (Å²) in [7, 11) is 0. The highest BCUT2D eigenvalue weighted by Gasteiger charge is 2.18. The van der Waals surface area contributed by atoms with Gasteiger partial charge in [-0.15, -0.1) is 0 Å². The van der Waals surface area contributed by atoms with Crippen molar-refractivity contribution in [3.8, 4) is 0 Å². The summed E-state index contributed by atoms with van der Waals surface area (Å²) in [4.78, 5) is 14.0. The van der Waals surface area contributed by atoms with Crippen LogP contribution in [0.5, 0.6) is 0 Å². The summed E-state index contributed by atoms with van der Waals surface area (Å²) < 4.78 is 0. The molecule has 0 spiro atoms. The van der Waals surface area contributed by atoms with Crippen molar-refractivity contribution in [2.24, 2.45) is 5.73 Å². The predicted octanol–water partition coefficient (Wildman–Crippen LogP) is 2.47. The van der Waals surface area contributed by atoms with Crippen molar-refractivity contribution in [3.05, 3.63) is 35.4 Å². The maximum Gasteiger partial charge on any atom is 0.239 e. The van der Waals surface area contributed by atoms with Gasteiger partial charge in [-0.1, -0.05) is 43.2 Å². The van der Waals surface area contributed by atoms with E-state index in [0.29, 0.717) is 13.1 Å². The van der Waals surface area contributed by atoms with Gasteiger partial charge in [0.15, 0.2) is 0 Å². The minimum absolute atomic E-state index is 0.0563. The smallest absolute Gasteiger partial charge is 0.239 e. The third-order valence-electron chi connectivity index (χ3n) is 3.07. The number of benzene rings is 1. The van der Waals surface area contributed by atoms with Crippen LogP contribution in [-0.2, 0) is 11.3 Å². The number of nitrogens with zero attached hydrogens (tertiary/aromatic N) is 1. The molecule has 1 rings (SSSR count). The van der Waals surface area contributed by atoms with E-state index in [-0.39, 0.29) is 11.9 Å². The lowest BCUT2D eigenvalue weighted by atomic mass is 10.1. The van der Waals surface area contributed by atoms with Crippen molar-refractivity contribution >= 4 is 5.91 Å². The number of hydrogen-bond acceptors (Lipinski definition) is 2. The summed E-state index contributed by atoms with van der Waals surface area (Å²) in [5, 5.41) is 0. The van der Waals surface area contributed by atoms with Crippen LogP contribution in [-0.4, -0.2) is 23.4 Å². The first-order valence-electron chi connectivity index (χ1n) is 6.68. The lowest BCUT2D eigenvalue weighted by molar-refractivity contribution is -0.133. The standard InChI is InChI=1S/C15H24N2O/c1-4-7-14(16)15(18)17(5-2)11-13-9-6-8-12(3)10-13/h6,8-10,14H,4-5,7,11,16H2,1-3H3. The van der Waals surface area contributed by atoms with Crippen LogP contribution >= 0.6 is 0 Å². The van der Waals surface area contributed by atoms with E-state index in [1.165, 1.54) is 5.56 Å². The van der Waals surface area contributed by atoms with Gasteiger partial charge in [-0.3, -0.25) is 4.79 Å². The highest BCUT2D eigenvalue weighted by Crippen LogP contribution is 2.09. The van der Waals surface area contributed by atoms with Gasteiger partial charge in [0.2, 0.25) is 5.91 Å². The molecule has 0 saturated heterocycles. The lowest BCUT2D eigenvalue weighted by Gasteiger charge is -2.24. The predicted molar refractivity (Wildman–Crippen MR) is 75.2 cm³/mol. The fraction of sp³-hybridized carbons (Fsp3) is 0.533. The fourth-order valence-corrected chi connectivity index (χ4v) is 2.05. The Kier molecular flexibility index (Phi) is 5.86. The molecule has 1 aromatic rings. The molecule has 100 valence electrons. The highest BCUT2D eigenvalue weighted by molar-refractivity contribution is 5.81. The monoisotopic (exact) mass is 248 g/mol. The zero-order valence-electron chi connectivity index (χ0n) is 11.6. The summed E-state index contributed by atoms with van der Waals surface area (Å²) in [6.45, 7) is 7.44. The number of likely N-dealkylation sites (N-methyl/N-ethyl adjacent to an activating group) is 1. The van der Waals surface area contributed by atoms with Gasteiger partial charge in [0.1, 0.15) is 0 Å². The Labute approximate surface area is 110 Å². The molecule has 0 bridgehead atoms. The summed E-state index contributed by atoms with van der Waals surface area (Å²) in [5.41, 5.74) is 8.27. The average Bonchev–Trinajstić information content (AvgIpc) is 2.35. The first-order chi connectivity index (χ1) is 8.58. The molecule has 0 fully saturated rings. The largest absolute Gasteiger partial charge is 0.337 e. The van der Waals surface area contributed by atoms with Gasteiger partial charge in [-0.25, -0.2) is 0 Å². The van der Waals surface area contributed by atoms with E-state index in [4.69, 9.17) is 5.73 Å². The van der Waals surface area contributed by atoms with Crippen molar-refractivity contribution in [1.29, 1.82) is 0 Å². The molecule has 1 aromatic carbocycles. The molecule has 3 nitrogen and oxygen atoms in total. The van der Waals surface area contributed by atoms with Gasteiger partial charge in [0.05, 0.1) is 6.04 Å². The Hall–Kier alpha value is -1.35. The van der Waals surface area contributed by atoms with Crippen LogP contribution in [0.15, 0.2) is 24.3 Å². The molecule has 3 heteroatoms. The van der Waals surface area contributed by atoms with Crippen LogP contribution in [0.2, 0.25) is 0 Å². The van der Waals surface area contributed by atoms with E-state index < -0.39 is 0 Å². The van der Waals surface area contributed by atoms with Crippen LogP contribution in [0.1, 0.15) is 37.8 Å². The third-order valence-corrected chi connectivity index (χ3v) is 3.07. The number of aryl methyl sites for hydroxylation is 1. The molecule has 0 heterocycles. The SMILES string of the molecule is CCCC(N)C(=O)N(CC)Cc1cccc(C)c1. The molecule has 0 aliphatic heterocycles. The van der Waals surface area contributed by atoms with Gasteiger partial charge < -0.3 is 10.6 Å². The molecule has 0 radical (unpaired) electrons. The summed E-state index contributed by atoms with van der Waals surface area (Å²) >= 11 is 0. The molecular formula is C15H24N2O. The fourth-order valence-electron chi connectivity index (χ4n) is 2.05. The topological polar surface area (TPSA) is 46.3 Å². The normalized spacial score (nSPS) is 12.2. The Morgan fingerprint density at radius 3 is 2.67 bits per heavy atom. The van der Waals surface area contributed by atoms with E-state index in [2.05, 4.69) is 19.1 Å². The number of carbonyl (C=O) groups is 1. The second kappa shape index (κ2) is 7.17. The molecule has 1 atom stereocenters. The molecule has 0 aliphatic carbocycles. The average molecular weight is 248 g/mol. The van der Waals surface area contributed by atoms with Crippen LogP contribution in [0.4, 0.5) is 0 Å². The first kappa shape index (κ1) is 14.7. The Balaban J connectivity index is 2.69. The maximum absolute atomic E-state index is 12.2. The molecule has 0 aliphatic rings. The van der Waals surface area contributed by atoms with E-state index in [9.17, 15) is 4.79 Å². The van der Waals surface area contributed by atoms with Gasteiger partial charge >= 0.3 is 0 Å². The summed E-state index contributed by atoms with van der Waals surface area (Å²) in [5.74, 6) is 0.0563. The van der Waals surface area contributed by atoms with Crippen molar-refractivity contribution in [2.75, 3.05) is 6.54 Å². The van der Waals surface area contributed by atoms with Crippen LogP contribution in [0, 0.1) is 6.92 Å². The van der Waals surface area contributed by atoms with Gasteiger partial charge in [-0.05, 0) is 25.8 Å². The molecule has 18 heavy (non-hydrogen) atoms. The minimum Gasteiger partial charge on any atom is -0.337 e. The van der Waals surface area contributed by atoms with Crippen molar-refractivity contribution in [3.63, 3.8) is 0 Å². The quantitative estimate of drug-likeness (QED) is 0.840. The Bertz CT molecular complexity index is 390. The third kappa shape index (κ3) is 4.15. The van der Waals surface area contributed by atoms with Gasteiger partial charge in [-0.2, -0.15) is 0 Å². The number of nitrogens with two attached hydrogens (primary N) is 1. The second-order valence-corrected chi connectivity index (χ2v) is 4.74. The van der Waals surface area contributed by atoms with E-state index >= 15 is 0 Å².